The number of ether oxygens (including phenoxy) is 6. The molecular formula is C36H42N2O9. The fraction of sp³-hybridized carbons (Fsp3) is 0.361. The number of carbonyl (C=O) groups is 3. The van der Waals surface area contributed by atoms with Crippen LogP contribution in [0.2, 0.25) is 0 Å². The zero-order chi connectivity index (χ0) is 33.9. The van der Waals surface area contributed by atoms with Gasteiger partial charge in [0.2, 0.25) is 11.7 Å². The van der Waals surface area contributed by atoms with Crippen LogP contribution in [0.4, 0.5) is 5.69 Å². The molecule has 0 spiro atoms. The van der Waals surface area contributed by atoms with Gasteiger partial charge >= 0.3 is 5.97 Å². The van der Waals surface area contributed by atoms with Gasteiger partial charge in [-0.2, -0.15) is 0 Å². The van der Waals surface area contributed by atoms with E-state index in [1.807, 2.05) is 30.3 Å². The van der Waals surface area contributed by atoms with Crippen LogP contribution in [0.5, 0.6) is 28.7 Å². The summed E-state index contributed by atoms with van der Waals surface area (Å²) in [5.74, 6) is 0.933. The third kappa shape index (κ3) is 8.16. The molecule has 2 atom stereocenters. The number of carbonyl (C=O) groups excluding carboxylic acids is 3. The number of esters is 1. The number of hydrogen-bond donors (Lipinski definition) is 1. The summed E-state index contributed by atoms with van der Waals surface area (Å²) in [7, 11) is 7.58. The topological polar surface area (TPSA) is 122 Å². The maximum Gasteiger partial charge on any atom is 0.329 e. The lowest BCUT2D eigenvalue weighted by Crippen LogP contribution is -2.49. The summed E-state index contributed by atoms with van der Waals surface area (Å²) < 4.78 is 33.4. The van der Waals surface area contributed by atoms with Crippen molar-refractivity contribution in [1.82, 2.24) is 4.90 Å². The maximum absolute atomic E-state index is 14.0. The maximum atomic E-state index is 14.0. The summed E-state index contributed by atoms with van der Waals surface area (Å²) in [6.07, 6.45) is 3.25. The fourth-order valence-electron chi connectivity index (χ4n) is 5.70. The minimum Gasteiger partial charge on any atom is -0.493 e. The van der Waals surface area contributed by atoms with E-state index in [1.54, 1.807) is 43.4 Å². The van der Waals surface area contributed by atoms with Gasteiger partial charge < -0.3 is 38.6 Å². The lowest BCUT2D eigenvalue weighted by atomic mass is 9.98. The summed E-state index contributed by atoms with van der Waals surface area (Å²) in [4.78, 5) is 41.8. The summed E-state index contributed by atoms with van der Waals surface area (Å²) in [6.45, 7) is 3.92. The average Bonchev–Trinajstić information content (AvgIpc) is 3.12. The van der Waals surface area contributed by atoms with Crippen LogP contribution in [-0.2, 0) is 20.7 Å². The second kappa shape index (κ2) is 16.4. The Balaban J connectivity index is 1.64. The number of anilines is 1. The predicted molar refractivity (Wildman–Crippen MR) is 177 cm³/mol. The van der Waals surface area contributed by atoms with Crippen LogP contribution in [0.25, 0.3) is 0 Å². The van der Waals surface area contributed by atoms with Gasteiger partial charge in [-0.05, 0) is 74.1 Å². The molecule has 11 heteroatoms. The van der Waals surface area contributed by atoms with Gasteiger partial charge in [-0.25, -0.2) is 4.79 Å². The highest BCUT2D eigenvalue weighted by Crippen LogP contribution is 2.39. The monoisotopic (exact) mass is 646 g/mol. The van der Waals surface area contributed by atoms with Crippen LogP contribution in [0.15, 0.2) is 67.3 Å². The minimum absolute atomic E-state index is 0.293. The lowest BCUT2D eigenvalue weighted by molar-refractivity contribution is -0.156. The predicted octanol–water partition coefficient (Wildman–Crippen LogP) is 5.77. The van der Waals surface area contributed by atoms with Gasteiger partial charge in [0.1, 0.15) is 12.1 Å². The van der Waals surface area contributed by atoms with Crippen LogP contribution in [0, 0.1) is 0 Å². The van der Waals surface area contributed by atoms with Gasteiger partial charge in [0.25, 0.3) is 5.91 Å². The molecule has 250 valence electrons. The van der Waals surface area contributed by atoms with Crippen molar-refractivity contribution in [3.63, 3.8) is 0 Å². The van der Waals surface area contributed by atoms with Crippen molar-refractivity contribution >= 4 is 23.5 Å². The second-order valence-electron chi connectivity index (χ2n) is 10.9. The first-order valence-electron chi connectivity index (χ1n) is 15.3. The van der Waals surface area contributed by atoms with E-state index in [0.717, 1.165) is 18.4 Å². The highest BCUT2D eigenvalue weighted by molar-refractivity contribution is 6.00. The van der Waals surface area contributed by atoms with Crippen LogP contribution < -0.4 is 29.0 Å². The molecule has 1 saturated heterocycles. The van der Waals surface area contributed by atoms with E-state index >= 15 is 0 Å². The Bertz CT molecular complexity index is 1560. The number of nitrogens with zero attached hydrogens (tertiary/aromatic N) is 1. The van der Waals surface area contributed by atoms with Gasteiger partial charge in [-0.1, -0.05) is 30.8 Å². The van der Waals surface area contributed by atoms with Crippen LogP contribution >= 0.6 is 0 Å². The average molecular weight is 647 g/mol. The molecule has 1 heterocycles. The van der Waals surface area contributed by atoms with Gasteiger partial charge in [-0.15, -0.1) is 0 Å². The van der Waals surface area contributed by atoms with Gasteiger partial charge in [0, 0.05) is 23.4 Å². The number of nitrogens with one attached hydrogen (secondary N) is 1. The number of methoxy groups -OCH3 is 5. The smallest absolute Gasteiger partial charge is 0.329 e. The molecule has 47 heavy (non-hydrogen) atoms. The van der Waals surface area contributed by atoms with Gasteiger partial charge in [0.05, 0.1) is 35.5 Å². The second-order valence-corrected chi connectivity index (χ2v) is 10.9. The van der Waals surface area contributed by atoms with E-state index in [1.165, 1.54) is 27.4 Å². The first-order valence-corrected chi connectivity index (χ1v) is 15.3. The highest BCUT2D eigenvalue weighted by atomic mass is 16.5. The molecule has 1 aliphatic heterocycles. The van der Waals surface area contributed by atoms with Crippen molar-refractivity contribution < 1.29 is 42.8 Å². The number of amides is 2. The molecular weight excluding hydrogens is 604 g/mol. The molecule has 3 aromatic carbocycles. The van der Waals surface area contributed by atoms with E-state index in [2.05, 4.69) is 11.9 Å². The quantitative estimate of drug-likeness (QED) is 0.172. The summed E-state index contributed by atoms with van der Waals surface area (Å²) in [5, 5.41) is 2.82. The fourth-order valence-corrected chi connectivity index (χ4v) is 5.70. The first kappa shape index (κ1) is 34.7. The Morgan fingerprint density at radius 1 is 0.872 bits per heavy atom. The normalized spacial score (nSPS) is 14.7. The van der Waals surface area contributed by atoms with Crippen molar-refractivity contribution in [2.75, 3.05) is 47.4 Å². The number of hydrogen-bond acceptors (Lipinski definition) is 9. The Morgan fingerprint density at radius 2 is 1.55 bits per heavy atom. The van der Waals surface area contributed by atoms with E-state index in [-0.39, 0.29) is 5.91 Å². The Morgan fingerprint density at radius 3 is 2.19 bits per heavy atom. The van der Waals surface area contributed by atoms with Crippen LogP contribution in [0.3, 0.4) is 0 Å². The van der Waals surface area contributed by atoms with E-state index < -0.39 is 24.0 Å². The number of likely N-dealkylation sites (tertiary alicyclic amines) is 1. The molecule has 0 bridgehead atoms. The molecule has 2 amide bonds. The molecule has 3 aromatic rings. The third-order valence-corrected chi connectivity index (χ3v) is 8.10. The first-order chi connectivity index (χ1) is 22.8. The van der Waals surface area contributed by atoms with Crippen LogP contribution in [-0.4, -0.2) is 70.8 Å². The van der Waals surface area contributed by atoms with Crippen molar-refractivity contribution in [2.24, 2.45) is 0 Å². The molecule has 1 aliphatic rings. The molecule has 11 nitrogen and oxygen atoms in total. The molecule has 4 rings (SSSR count). The molecule has 0 radical (unpaired) electrons. The zero-order valence-corrected chi connectivity index (χ0v) is 27.5. The Kier molecular flexibility index (Phi) is 12.1. The molecule has 0 aromatic heterocycles. The lowest BCUT2D eigenvalue weighted by Gasteiger charge is -2.35. The molecule has 1 fully saturated rings. The summed E-state index contributed by atoms with van der Waals surface area (Å²) in [6, 6.07) is 15.1. The zero-order valence-electron chi connectivity index (χ0n) is 27.5. The SMILES string of the molecule is C=CC(=O)Nc1ccccc1[C@@H](CCc1ccc(OC)c(OC)c1)OC(=O)[C@@H]1CCCCN1C(=O)c1cc(OC)c(OC)c(OC)c1. The van der Waals surface area contributed by atoms with E-state index in [0.29, 0.717) is 71.4 Å². The molecule has 0 saturated carbocycles. The molecule has 0 aliphatic carbocycles. The summed E-state index contributed by atoms with van der Waals surface area (Å²) in [5.41, 5.74) is 2.35. The van der Waals surface area contributed by atoms with Crippen LogP contribution in [0.1, 0.15) is 53.3 Å². The minimum atomic E-state index is -0.825. The number of aryl methyl sites for hydroxylation is 1. The van der Waals surface area contributed by atoms with Crippen molar-refractivity contribution in [1.29, 1.82) is 0 Å². The van der Waals surface area contributed by atoms with Gasteiger partial charge in [-0.3, -0.25) is 9.59 Å². The number of para-hydroxylation sites is 1. The Labute approximate surface area is 275 Å². The van der Waals surface area contributed by atoms with Gasteiger partial charge in [0.15, 0.2) is 23.0 Å². The van der Waals surface area contributed by atoms with Crippen molar-refractivity contribution in [3.8, 4) is 28.7 Å². The van der Waals surface area contributed by atoms with E-state index in [4.69, 9.17) is 28.4 Å². The van der Waals surface area contributed by atoms with Crippen molar-refractivity contribution in [2.45, 2.75) is 44.2 Å². The largest absolute Gasteiger partial charge is 0.493 e. The highest BCUT2D eigenvalue weighted by Gasteiger charge is 2.36. The number of piperidine rings is 1. The molecule has 1 N–H and O–H groups in total. The number of rotatable bonds is 14. The van der Waals surface area contributed by atoms with Crippen molar-refractivity contribution in [3.05, 3.63) is 83.9 Å². The molecule has 0 unspecified atom stereocenters. The standard InChI is InChI=1S/C36H42N2O9/c1-7-33(39)37-26-13-9-8-12-25(26)28(17-15-23-16-18-29(42-2)30(20-23)43-3)47-36(41)27-14-10-11-19-38(27)35(40)24-21-31(44-4)34(46-6)32(22-24)45-5/h7-9,12-13,16,18,20-22,27-28H,1,10-11,14-15,17,19H2,2-6H3,(H,37,39)/t27-,28+/m0/s1. The van der Waals surface area contributed by atoms with E-state index in [9.17, 15) is 14.4 Å². The third-order valence-electron chi connectivity index (χ3n) is 8.10. The number of benzene rings is 3. The summed E-state index contributed by atoms with van der Waals surface area (Å²) >= 11 is 0. The Hall–Kier alpha value is -5.19.